The molecule has 6 nitrogen and oxygen atoms in total. The third-order valence-electron chi connectivity index (χ3n) is 13.0. The lowest BCUT2D eigenvalue weighted by Crippen LogP contribution is -2.45. The van der Waals surface area contributed by atoms with E-state index >= 15 is 0 Å². The fraction of sp³-hybridized carbons (Fsp3) is 0.895. The van der Waals surface area contributed by atoms with Crippen LogP contribution >= 0.6 is 0 Å². The van der Waals surface area contributed by atoms with Gasteiger partial charge in [0.1, 0.15) is 0 Å². The van der Waals surface area contributed by atoms with Gasteiger partial charge < -0.3 is 20.3 Å². The minimum atomic E-state index is -0.673. The number of carbonyl (C=O) groups is 2. The van der Waals surface area contributed by atoms with Gasteiger partial charge in [0.25, 0.3) is 0 Å². The molecule has 0 bridgehead atoms. The molecular weight excluding hydrogens is 779 g/mol. The number of aliphatic hydroxyl groups is 2. The van der Waals surface area contributed by atoms with Gasteiger partial charge in [0.05, 0.1) is 25.4 Å². The summed E-state index contributed by atoms with van der Waals surface area (Å²) < 4.78 is 5.48. The molecule has 2 unspecified atom stereocenters. The number of unbranched alkanes of at least 4 members (excludes halogenated alkanes) is 37. The molecule has 63 heavy (non-hydrogen) atoms. The van der Waals surface area contributed by atoms with Crippen LogP contribution in [0.4, 0.5) is 0 Å². The van der Waals surface area contributed by atoms with Crippen LogP contribution in [0.2, 0.25) is 0 Å². The minimum Gasteiger partial charge on any atom is -0.466 e. The Morgan fingerprint density at radius 2 is 0.746 bits per heavy atom. The number of aliphatic hydroxyl groups excluding tert-OH is 2. The Labute approximate surface area is 392 Å². The highest BCUT2D eigenvalue weighted by atomic mass is 16.5. The Morgan fingerprint density at radius 3 is 1.13 bits per heavy atom. The van der Waals surface area contributed by atoms with Crippen molar-refractivity contribution >= 4 is 11.9 Å². The molecule has 0 fully saturated rings. The van der Waals surface area contributed by atoms with Crippen molar-refractivity contribution < 1.29 is 24.5 Å². The average molecular weight is 889 g/mol. The van der Waals surface area contributed by atoms with E-state index in [4.69, 9.17) is 4.74 Å². The first-order chi connectivity index (χ1) is 31.0. The molecule has 0 saturated heterocycles. The highest BCUT2D eigenvalue weighted by Crippen LogP contribution is 2.16. The standard InChI is InChI=1S/C57H109NO5/c1-3-5-7-9-11-13-15-17-18-19-20-24-27-31-35-39-43-47-51-57(62)63-52-48-44-40-36-32-28-25-22-21-23-26-30-34-38-42-46-50-56(61)58-54(53-59)55(60)49-45-41-37-33-29-16-14-12-10-8-6-4-2/h18-19,21,23,54-55,59-60H,3-17,20,22,24-53H2,1-2H3,(H,58,61)/b19-18-,23-21-. The van der Waals surface area contributed by atoms with Crippen molar-refractivity contribution in [2.75, 3.05) is 13.2 Å². The SMILES string of the molecule is CCCCCCCCC/C=C\CCCCCCCCCC(=O)OCCCCCCCCC/C=C\CCCCCCCC(=O)NC(CO)C(O)CCCCCCCCCCCCCC. The van der Waals surface area contributed by atoms with Crippen molar-refractivity contribution in [1.82, 2.24) is 5.32 Å². The van der Waals surface area contributed by atoms with Gasteiger partial charge in [0.2, 0.25) is 5.91 Å². The number of carbonyl (C=O) groups excluding carboxylic acids is 2. The molecule has 0 saturated carbocycles. The maximum atomic E-state index is 12.4. The molecule has 0 aliphatic heterocycles. The number of hydrogen-bond donors (Lipinski definition) is 3. The van der Waals surface area contributed by atoms with Crippen LogP contribution in [0.1, 0.15) is 303 Å². The summed E-state index contributed by atoms with van der Waals surface area (Å²) >= 11 is 0. The highest BCUT2D eigenvalue weighted by Gasteiger charge is 2.20. The number of nitrogens with one attached hydrogen (secondary N) is 1. The molecule has 0 aliphatic rings. The monoisotopic (exact) mass is 888 g/mol. The van der Waals surface area contributed by atoms with Gasteiger partial charge >= 0.3 is 5.97 Å². The third-order valence-corrected chi connectivity index (χ3v) is 13.0. The fourth-order valence-corrected chi connectivity index (χ4v) is 8.63. The zero-order valence-corrected chi connectivity index (χ0v) is 42.3. The van der Waals surface area contributed by atoms with Crippen LogP contribution in [0.25, 0.3) is 0 Å². The second kappa shape index (κ2) is 53.0. The normalized spacial score (nSPS) is 12.8. The summed E-state index contributed by atoms with van der Waals surface area (Å²) in [6, 6.07) is -0.552. The predicted molar refractivity (Wildman–Crippen MR) is 273 cm³/mol. The molecule has 0 spiro atoms. The van der Waals surface area contributed by atoms with Gasteiger partial charge in [-0.3, -0.25) is 9.59 Å². The minimum absolute atomic E-state index is 0.00572. The van der Waals surface area contributed by atoms with Gasteiger partial charge in [-0.15, -0.1) is 0 Å². The van der Waals surface area contributed by atoms with E-state index in [0.717, 1.165) is 64.2 Å². The first-order valence-electron chi connectivity index (χ1n) is 28.1. The second-order valence-corrected chi connectivity index (χ2v) is 19.3. The van der Waals surface area contributed by atoms with E-state index < -0.39 is 12.1 Å². The smallest absolute Gasteiger partial charge is 0.305 e. The fourth-order valence-electron chi connectivity index (χ4n) is 8.63. The molecule has 0 heterocycles. The molecule has 2 atom stereocenters. The topological polar surface area (TPSA) is 95.9 Å². The van der Waals surface area contributed by atoms with E-state index in [2.05, 4.69) is 43.5 Å². The maximum Gasteiger partial charge on any atom is 0.305 e. The quantitative estimate of drug-likeness (QED) is 0.0321. The molecule has 0 aromatic carbocycles. The maximum absolute atomic E-state index is 12.4. The third kappa shape index (κ3) is 49.6. The van der Waals surface area contributed by atoms with E-state index in [0.29, 0.717) is 25.9 Å². The largest absolute Gasteiger partial charge is 0.466 e. The molecular formula is C57H109NO5. The lowest BCUT2D eigenvalue weighted by molar-refractivity contribution is -0.143. The zero-order valence-electron chi connectivity index (χ0n) is 42.3. The van der Waals surface area contributed by atoms with E-state index in [9.17, 15) is 19.8 Å². The molecule has 372 valence electrons. The summed E-state index contributed by atoms with van der Waals surface area (Å²) in [6.45, 7) is 4.93. The number of allylic oxidation sites excluding steroid dienone is 4. The first kappa shape index (κ1) is 61.3. The first-order valence-corrected chi connectivity index (χ1v) is 28.1. The van der Waals surface area contributed by atoms with Crippen LogP contribution < -0.4 is 5.32 Å². The number of hydrogen-bond acceptors (Lipinski definition) is 5. The van der Waals surface area contributed by atoms with Gasteiger partial charge in [-0.05, 0) is 77.0 Å². The summed E-state index contributed by atoms with van der Waals surface area (Å²) in [5.41, 5.74) is 0. The van der Waals surface area contributed by atoms with Crippen LogP contribution in [-0.4, -0.2) is 47.4 Å². The van der Waals surface area contributed by atoms with Crippen molar-refractivity contribution in [3.8, 4) is 0 Å². The Morgan fingerprint density at radius 1 is 0.429 bits per heavy atom. The van der Waals surface area contributed by atoms with Crippen LogP contribution in [0.3, 0.4) is 0 Å². The van der Waals surface area contributed by atoms with Crippen LogP contribution in [-0.2, 0) is 14.3 Å². The molecule has 0 aliphatic carbocycles. The summed E-state index contributed by atoms with van der Waals surface area (Å²) in [4.78, 5) is 24.5. The molecule has 6 heteroatoms. The van der Waals surface area contributed by atoms with Gasteiger partial charge in [-0.1, -0.05) is 237 Å². The summed E-state index contributed by atoms with van der Waals surface area (Å²) in [5, 5.41) is 23.2. The van der Waals surface area contributed by atoms with Crippen LogP contribution in [0.15, 0.2) is 24.3 Å². The van der Waals surface area contributed by atoms with Crippen molar-refractivity contribution in [3.05, 3.63) is 24.3 Å². The number of esters is 1. The second-order valence-electron chi connectivity index (χ2n) is 19.3. The van der Waals surface area contributed by atoms with Crippen molar-refractivity contribution in [1.29, 1.82) is 0 Å². The van der Waals surface area contributed by atoms with Gasteiger partial charge in [-0.2, -0.15) is 0 Å². The molecule has 0 rings (SSSR count). The summed E-state index contributed by atoms with van der Waals surface area (Å²) in [7, 11) is 0. The van der Waals surface area contributed by atoms with Gasteiger partial charge in [0.15, 0.2) is 0 Å². The van der Waals surface area contributed by atoms with Gasteiger partial charge in [-0.25, -0.2) is 0 Å². The lowest BCUT2D eigenvalue weighted by Gasteiger charge is -2.22. The molecule has 0 radical (unpaired) electrons. The van der Waals surface area contributed by atoms with E-state index in [-0.39, 0.29) is 18.5 Å². The van der Waals surface area contributed by atoms with Crippen molar-refractivity contribution in [2.45, 2.75) is 315 Å². The predicted octanol–water partition coefficient (Wildman–Crippen LogP) is 17.1. The Kier molecular flexibility index (Phi) is 51.6. The average Bonchev–Trinajstić information content (AvgIpc) is 3.28. The highest BCUT2D eigenvalue weighted by molar-refractivity contribution is 5.76. The lowest BCUT2D eigenvalue weighted by atomic mass is 10.0. The van der Waals surface area contributed by atoms with E-state index in [1.165, 1.54) is 205 Å². The van der Waals surface area contributed by atoms with Gasteiger partial charge in [0, 0.05) is 12.8 Å². The Balaban J connectivity index is 3.44. The van der Waals surface area contributed by atoms with E-state index in [1.54, 1.807) is 0 Å². The summed E-state index contributed by atoms with van der Waals surface area (Å²) in [5.74, 6) is -0.0582. The molecule has 1 amide bonds. The Bertz CT molecular complexity index is 982. The van der Waals surface area contributed by atoms with Crippen LogP contribution in [0, 0.1) is 0 Å². The zero-order chi connectivity index (χ0) is 45.8. The number of ether oxygens (including phenoxy) is 1. The number of rotatable bonds is 52. The summed E-state index contributed by atoms with van der Waals surface area (Å²) in [6.07, 6.45) is 63.0. The molecule has 3 N–H and O–H groups in total. The number of amides is 1. The van der Waals surface area contributed by atoms with Crippen LogP contribution in [0.5, 0.6) is 0 Å². The van der Waals surface area contributed by atoms with Crippen molar-refractivity contribution in [2.24, 2.45) is 0 Å². The molecule has 0 aromatic heterocycles. The van der Waals surface area contributed by atoms with Crippen molar-refractivity contribution in [3.63, 3.8) is 0 Å². The van der Waals surface area contributed by atoms with E-state index in [1.807, 2.05) is 0 Å². The molecule has 0 aromatic rings. The Hall–Kier alpha value is -1.66.